The minimum Gasteiger partial charge on any atom is -0.399 e. The number of primary amides is 1. The molecule has 0 unspecified atom stereocenters. The lowest BCUT2D eigenvalue weighted by Crippen LogP contribution is -2.52. The number of nitrogen functional groups attached to an aromatic ring is 1. The van der Waals surface area contributed by atoms with Gasteiger partial charge in [-0.2, -0.15) is 4.72 Å². The van der Waals surface area contributed by atoms with Gasteiger partial charge >= 0.3 is 0 Å². The molecule has 0 aromatic heterocycles. The standard InChI is InChI=1S/C10H13F2N3O3S/c1-10(2,9(14)16)15-19(17,18)7-4-5(13)3-6(11)8(7)12/h3-4,15H,13H2,1-2H3,(H2,14,16). The van der Waals surface area contributed by atoms with Gasteiger partial charge in [-0.3, -0.25) is 4.79 Å². The Morgan fingerprint density at radius 3 is 2.32 bits per heavy atom. The SMILES string of the molecule is CC(C)(NS(=O)(=O)c1cc(N)cc(F)c1F)C(N)=O. The molecule has 0 atom stereocenters. The van der Waals surface area contributed by atoms with Gasteiger partial charge in [-0.05, 0) is 26.0 Å². The maximum absolute atomic E-state index is 13.5. The van der Waals surface area contributed by atoms with Crippen molar-refractivity contribution in [3.05, 3.63) is 23.8 Å². The minimum absolute atomic E-state index is 0.267. The van der Waals surface area contributed by atoms with E-state index < -0.39 is 38.0 Å². The summed E-state index contributed by atoms with van der Waals surface area (Å²) in [6, 6.07) is 1.39. The Morgan fingerprint density at radius 1 is 1.32 bits per heavy atom. The van der Waals surface area contributed by atoms with E-state index in [1.807, 2.05) is 4.72 Å². The molecule has 0 fully saturated rings. The van der Waals surface area contributed by atoms with E-state index in [0.717, 1.165) is 6.07 Å². The van der Waals surface area contributed by atoms with Crippen LogP contribution in [0.15, 0.2) is 17.0 Å². The molecule has 0 saturated carbocycles. The summed E-state index contributed by atoms with van der Waals surface area (Å²) in [5.74, 6) is -3.96. The van der Waals surface area contributed by atoms with Crippen LogP contribution >= 0.6 is 0 Å². The molecule has 0 spiro atoms. The van der Waals surface area contributed by atoms with Crippen LogP contribution in [0.1, 0.15) is 13.8 Å². The fraction of sp³-hybridized carbons (Fsp3) is 0.300. The molecule has 0 aliphatic carbocycles. The van der Waals surface area contributed by atoms with Gasteiger partial charge < -0.3 is 11.5 Å². The summed E-state index contributed by atoms with van der Waals surface area (Å²) >= 11 is 0. The van der Waals surface area contributed by atoms with Crippen LogP contribution in [0.25, 0.3) is 0 Å². The topological polar surface area (TPSA) is 115 Å². The Bertz CT molecular complexity index is 629. The summed E-state index contributed by atoms with van der Waals surface area (Å²) in [7, 11) is -4.48. The van der Waals surface area contributed by atoms with Crippen LogP contribution in [0.4, 0.5) is 14.5 Å². The van der Waals surface area contributed by atoms with Crippen molar-refractivity contribution in [1.82, 2.24) is 4.72 Å². The Balaban J connectivity index is 3.33. The summed E-state index contributed by atoms with van der Waals surface area (Å²) in [6.45, 7) is 2.38. The minimum atomic E-state index is -4.48. The average Bonchev–Trinajstić information content (AvgIpc) is 2.21. The van der Waals surface area contributed by atoms with Gasteiger partial charge in [-0.1, -0.05) is 0 Å². The van der Waals surface area contributed by atoms with Crippen molar-refractivity contribution in [2.45, 2.75) is 24.3 Å². The number of carbonyl (C=O) groups is 1. The molecule has 0 aliphatic heterocycles. The van der Waals surface area contributed by atoms with E-state index >= 15 is 0 Å². The quantitative estimate of drug-likeness (QED) is 0.682. The number of rotatable bonds is 4. The first-order chi connectivity index (χ1) is 8.47. The Kier molecular flexibility index (Phi) is 3.82. The number of hydrogen-bond donors (Lipinski definition) is 3. The molecule has 19 heavy (non-hydrogen) atoms. The molecule has 106 valence electrons. The lowest BCUT2D eigenvalue weighted by atomic mass is 10.1. The monoisotopic (exact) mass is 293 g/mol. The highest BCUT2D eigenvalue weighted by molar-refractivity contribution is 7.89. The lowest BCUT2D eigenvalue weighted by Gasteiger charge is -2.22. The van der Waals surface area contributed by atoms with Crippen molar-refractivity contribution >= 4 is 21.6 Å². The molecule has 5 N–H and O–H groups in total. The largest absolute Gasteiger partial charge is 0.399 e. The molecule has 1 rings (SSSR count). The number of sulfonamides is 1. The Labute approximate surface area is 108 Å². The third kappa shape index (κ3) is 3.18. The van der Waals surface area contributed by atoms with Gasteiger partial charge in [0.25, 0.3) is 0 Å². The van der Waals surface area contributed by atoms with Crippen LogP contribution in [-0.4, -0.2) is 19.9 Å². The van der Waals surface area contributed by atoms with Crippen LogP contribution in [0, 0.1) is 11.6 Å². The molecule has 0 saturated heterocycles. The van der Waals surface area contributed by atoms with Crippen LogP contribution in [-0.2, 0) is 14.8 Å². The zero-order valence-corrected chi connectivity index (χ0v) is 11.0. The highest BCUT2D eigenvalue weighted by Gasteiger charge is 2.33. The second-order valence-electron chi connectivity index (χ2n) is 4.41. The van der Waals surface area contributed by atoms with Gasteiger partial charge in [-0.25, -0.2) is 17.2 Å². The van der Waals surface area contributed by atoms with Crippen LogP contribution in [0.5, 0.6) is 0 Å². The summed E-state index contributed by atoms with van der Waals surface area (Å²) < 4.78 is 52.3. The molecule has 0 bridgehead atoms. The van der Waals surface area contributed by atoms with Crippen LogP contribution < -0.4 is 16.2 Å². The number of halogens is 2. The number of nitrogens with two attached hydrogens (primary N) is 2. The molecule has 1 aromatic carbocycles. The van der Waals surface area contributed by atoms with E-state index in [2.05, 4.69) is 0 Å². The fourth-order valence-corrected chi connectivity index (χ4v) is 2.73. The molecule has 9 heteroatoms. The number of hydrogen-bond acceptors (Lipinski definition) is 4. The van der Waals surface area contributed by atoms with Crippen molar-refractivity contribution < 1.29 is 22.0 Å². The molecule has 0 heterocycles. The molecular weight excluding hydrogens is 280 g/mol. The van der Waals surface area contributed by atoms with Gasteiger partial charge in [0.05, 0.1) is 0 Å². The zero-order valence-electron chi connectivity index (χ0n) is 10.2. The van der Waals surface area contributed by atoms with E-state index in [0.29, 0.717) is 6.07 Å². The van der Waals surface area contributed by atoms with Gasteiger partial charge in [0.2, 0.25) is 15.9 Å². The summed E-state index contributed by atoms with van der Waals surface area (Å²) in [5.41, 5.74) is 8.33. The van der Waals surface area contributed by atoms with Gasteiger partial charge in [-0.15, -0.1) is 0 Å². The normalized spacial score (nSPS) is 12.4. The lowest BCUT2D eigenvalue weighted by molar-refractivity contribution is -0.122. The third-order valence-corrected chi connectivity index (χ3v) is 3.97. The molecule has 6 nitrogen and oxygen atoms in total. The summed E-state index contributed by atoms with van der Waals surface area (Å²) in [5, 5.41) is 0. The van der Waals surface area contributed by atoms with Gasteiger partial charge in [0, 0.05) is 5.69 Å². The van der Waals surface area contributed by atoms with Crippen molar-refractivity contribution in [2.75, 3.05) is 5.73 Å². The highest BCUT2D eigenvalue weighted by atomic mass is 32.2. The van der Waals surface area contributed by atoms with E-state index in [9.17, 15) is 22.0 Å². The van der Waals surface area contributed by atoms with E-state index in [1.54, 1.807) is 0 Å². The average molecular weight is 293 g/mol. The smallest absolute Gasteiger partial charge is 0.244 e. The predicted octanol–water partition coefficient (Wildman–Crippen LogP) is 0.0892. The maximum Gasteiger partial charge on any atom is 0.244 e. The number of amides is 1. The molecule has 0 radical (unpaired) electrons. The first kappa shape index (κ1) is 15.3. The van der Waals surface area contributed by atoms with Crippen LogP contribution in [0.2, 0.25) is 0 Å². The highest BCUT2D eigenvalue weighted by Crippen LogP contribution is 2.22. The number of carbonyl (C=O) groups excluding carboxylic acids is 1. The van der Waals surface area contributed by atoms with Crippen LogP contribution in [0.3, 0.4) is 0 Å². The Morgan fingerprint density at radius 2 is 1.84 bits per heavy atom. The number of benzene rings is 1. The second-order valence-corrected chi connectivity index (χ2v) is 6.06. The number of anilines is 1. The first-order valence-corrected chi connectivity index (χ1v) is 6.54. The molecule has 1 amide bonds. The fourth-order valence-electron chi connectivity index (χ4n) is 1.22. The third-order valence-electron chi connectivity index (χ3n) is 2.31. The van der Waals surface area contributed by atoms with E-state index in [4.69, 9.17) is 11.5 Å². The van der Waals surface area contributed by atoms with Gasteiger partial charge in [0.1, 0.15) is 10.4 Å². The van der Waals surface area contributed by atoms with Gasteiger partial charge in [0.15, 0.2) is 11.6 Å². The van der Waals surface area contributed by atoms with Crippen molar-refractivity contribution in [2.24, 2.45) is 5.73 Å². The summed E-state index contributed by atoms with van der Waals surface area (Å²) in [6.07, 6.45) is 0. The molecular formula is C10H13F2N3O3S. The molecule has 1 aromatic rings. The number of nitrogens with one attached hydrogen (secondary N) is 1. The summed E-state index contributed by atoms with van der Waals surface area (Å²) in [4.78, 5) is 10.1. The first-order valence-electron chi connectivity index (χ1n) is 5.06. The Hall–Kier alpha value is -1.74. The second kappa shape index (κ2) is 4.74. The zero-order chi connectivity index (χ0) is 15.0. The van der Waals surface area contributed by atoms with Crippen molar-refractivity contribution in [1.29, 1.82) is 0 Å². The maximum atomic E-state index is 13.5. The predicted molar refractivity (Wildman–Crippen MR) is 64.4 cm³/mol. The van der Waals surface area contributed by atoms with Crippen molar-refractivity contribution in [3.63, 3.8) is 0 Å². The van der Waals surface area contributed by atoms with E-state index in [-0.39, 0.29) is 5.69 Å². The van der Waals surface area contributed by atoms with Crippen molar-refractivity contribution in [3.8, 4) is 0 Å². The molecule has 0 aliphatic rings. The van der Waals surface area contributed by atoms with E-state index in [1.165, 1.54) is 13.8 Å².